The van der Waals surface area contributed by atoms with Gasteiger partial charge in [0.05, 0.1) is 6.54 Å². The lowest BCUT2D eigenvalue weighted by molar-refractivity contribution is -0.137. The highest BCUT2D eigenvalue weighted by Gasteiger charge is 2.22. The summed E-state index contributed by atoms with van der Waals surface area (Å²) in [6.45, 7) is 0.931. The van der Waals surface area contributed by atoms with E-state index in [1.165, 1.54) is 5.56 Å². The number of hydrogen-bond donors (Lipinski definition) is 3. The number of nitrogens with one attached hydrogen (secondary N) is 2. The Labute approximate surface area is 123 Å². The largest absolute Gasteiger partial charge is 0.488 e. The van der Waals surface area contributed by atoms with Gasteiger partial charge in [0.2, 0.25) is 0 Å². The van der Waals surface area contributed by atoms with Crippen LogP contribution in [0.4, 0.5) is 4.79 Å². The van der Waals surface area contributed by atoms with Gasteiger partial charge in [0.15, 0.2) is 0 Å². The molecule has 3 N–H and O–H groups in total. The maximum absolute atomic E-state index is 11.6. The molecule has 1 aliphatic rings. The standard InChI is InChI=1S/C15H20N2O4/c18-14(19)7-3-4-8-16-15(20)17-10-12-9-11-5-1-2-6-13(11)21-12/h1-2,5-6,12H,3-4,7-10H2,(H,18,19)(H2,16,17,20). The number of para-hydroxylation sites is 1. The number of carbonyl (C=O) groups excluding carboxylic acids is 1. The molecule has 21 heavy (non-hydrogen) atoms. The molecular formula is C15H20N2O4. The molecule has 0 aliphatic carbocycles. The maximum Gasteiger partial charge on any atom is 0.314 e. The minimum absolute atomic E-state index is 0.0276. The monoisotopic (exact) mass is 292 g/mol. The number of carboxylic acids is 1. The van der Waals surface area contributed by atoms with Crippen LogP contribution in [0.5, 0.6) is 5.75 Å². The van der Waals surface area contributed by atoms with Crippen molar-refractivity contribution >= 4 is 12.0 Å². The molecule has 1 heterocycles. The highest BCUT2D eigenvalue weighted by Crippen LogP contribution is 2.27. The summed E-state index contributed by atoms with van der Waals surface area (Å²) >= 11 is 0. The number of urea groups is 1. The number of unbranched alkanes of at least 4 members (excludes halogenated alkanes) is 1. The summed E-state index contributed by atoms with van der Waals surface area (Å²) < 4.78 is 5.72. The molecule has 1 aliphatic heterocycles. The molecule has 114 valence electrons. The van der Waals surface area contributed by atoms with Gasteiger partial charge in [0.1, 0.15) is 11.9 Å². The van der Waals surface area contributed by atoms with Crippen LogP contribution in [0.2, 0.25) is 0 Å². The lowest BCUT2D eigenvalue weighted by atomic mass is 10.1. The number of benzene rings is 1. The fourth-order valence-electron chi connectivity index (χ4n) is 2.24. The highest BCUT2D eigenvalue weighted by atomic mass is 16.5. The van der Waals surface area contributed by atoms with Gasteiger partial charge in [-0.3, -0.25) is 4.79 Å². The number of amides is 2. The third-order valence-corrected chi connectivity index (χ3v) is 3.31. The zero-order valence-electron chi connectivity index (χ0n) is 11.8. The van der Waals surface area contributed by atoms with Crippen molar-refractivity contribution in [3.8, 4) is 5.75 Å². The number of fused-ring (bicyclic) bond motifs is 1. The minimum Gasteiger partial charge on any atom is -0.488 e. The Kier molecular flexibility index (Phi) is 5.43. The number of carbonyl (C=O) groups is 2. The summed E-state index contributed by atoms with van der Waals surface area (Å²) in [7, 11) is 0. The number of rotatable bonds is 7. The van der Waals surface area contributed by atoms with Crippen molar-refractivity contribution < 1.29 is 19.4 Å². The minimum atomic E-state index is -0.808. The summed E-state index contributed by atoms with van der Waals surface area (Å²) in [5.74, 6) is 0.0794. The van der Waals surface area contributed by atoms with Gasteiger partial charge >= 0.3 is 12.0 Å². The highest BCUT2D eigenvalue weighted by molar-refractivity contribution is 5.73. The number of aliphatic carboxylic acids is 1. The van der Waals surface area contributed by atoms with Crippen LogP contribution in [-0.2, 0) is 11.2 Å². The van der Waals surface area contributed by atoms with Crippen LogP contribution < -0.4 is 15.4 Å². The topological polar surface area (TPSA) is 87.7 Å². The maximum atomic E-state index is 11.6. The quantitative estimate of drug-likeness (QED) is 0.665. The van der Waals surface area contributed by atoms with Crippen molar-refractivity contribution in [2.75, 3.05) is 13.1 Å². The van der Waals surface area contributed by atoms with Crippen LogP contribution in [0.25, 0.3) is 0 Å². The Morgan fingerprint density at radius 1 is 1.24 bits per heavy atom. The molecule has 1 aromatic carbocycles. The zero-order valence-corrected chi connectivity index (χ0v) is 11.8. The van der Waals surface area contributed by atoms with Gasteiger partial charge in [-0.15, -0.1) is 0 Å². The predicted octanol–water partition coefficient (Wildman–Crippen LogP) is 1.54. The lowest BCUT2D eigenvalue weighted by Crippen LogP contribution is -2.41. The van der Waals surface area contributed by atoms with Crippen molar-refractivity contribution in [2.24, 2.45) is 0 Å². The Balaban J connectivity index is 1.57. The molecule has 6 heteroatoms. The second-order valence-electron chi connectivity index (χ2n) is 5.04. The van der Waals surface area contributed by atoms with E-state index in [1.54, 1.807) is 0 Å². The Morgan fingerprint density at radius 3 is 2.81 bits per heavy atom. The number of carboxylic acid groups (broad SMARTS) is 1. The fraction of sp³-hybridized carbons (Fsp3) is 0.467. The second kappa shape index (κ2) is 7.52. The van der Waals surface area contributed by atoms with Crippen molar-refractivity contribution in [1.82, 2.24) is 10.6 Å². The Hall–Kier alpha value is -2.24. The first-order valence-electron chi connectivity index (χ1n) is 7.13. The van der Waals surface area contributed by atoms with E-state index in [1.807, 2.05) is 24.3 Å². The number of ether oxygens (including phenoxy) is 1. The van der Waals surface area contributed by atoms with Crippen molar-refractivity contribution in [3.63, 3.8) is 0 Å². The summed E-state index contributed by atoms with van der Waals surface area (Å²) in [6, 6.07) is 7.61. The molecule has 0 radical (unpaired) electrons. The van der Waals surface area contributed by atoms with E-state index in [9.17, 15) is 9.59 Å². The smallest absolute Gasteiger partial charge is 0.314 e. The first-order valence-corrected chi connectivity index (χ1v) is 7.13. The average molecular weight is 292 g/mol. The van der Waals surface area contributed by atoms with Crippen molar-refractivity contribution in [1.29, 1.82) is 0 Å². The predicted molar refractivity (Wildman–Crippen MR) is 77.5 cm³/mol. The summed E-state index contributed by atoms with van der Waals surface area (Å²) in [4.78, 5) is 21.9. The van der Waals surface area contributed by atoms with Gasteiger partial charge in [-0.2, -0.15) is 0 Å². The van der Waals surface area contributed by atoms with Crippen LogP contribution in [0.1, 0.15) is 24.8 Å². The van der Waals surface area contributed by atoms with E-state index in [2.05, 4.69) is 10.6 Å². The molecule has 0 saturated heterocycles. The molecule has 0 spiro atoms. The van der Waals surface area contributed by atoms with E-state index >= 15 is 0 Å². The average Bonchev–Trinajstić information content (AvgIpc) is 2.87. The molecule has 1 unspecified atom stereocenters. The molecule has 0 saturated carbocycles. The van der Waals surface area contributed by atoms with E-state index in [0.29, 0.717) is 25.9 Å². The van der Waals surface area contributed by atoms with Crippen molar-refractivity contribution in [3.05, 3.63) is 29.8 Å². The molecule has 0 fully saturated rings. The Bertz CT molecular complexity index is 479. The molecule has 1 atom stereocenters. The van der Waals surface area contributed by atoms with E-state index < -0.39 is 5.97 Å². The van der Waals surface area contributed by atoms with E-state index in [4.69, 9.17) is 9.84 Å². The van der Waals surface area contributed by atoms with Gasteiger partial charge in [0.25, 0.3) is 0 Å². The van der Waals surface area contributed by atoms with Gasteiger partial charge in [0, 0.05) is 19.4 Å². The molecule has 2 amide bonds. The van der Waals surface area contributed by atoms with Gasteiger partial charge in [-0.05, 0) is 24.5 Å². The molecule has 0 aromatic heterocycles. The molecule has 2 rings (SSSR count). The third-order valence-electron chi connectivity index (χ3n) is 3.31. The molecule has 1 aromatic rings. The van der Waals surface area contributed by atoms with Crippen LogP contribution in [0, 0.1) is 0 Å². The molecular weight excluding hydrogens is 272 g/mol. The Morgan fingerprint density at radius 2 is 2.05 bits per heavy atom. The number of hydrogen-bond acceptors (Lipinski definition) is 3. The molecule has 6 nitrogen and oxygen atoms in total. The first-order chi connectivity index (χ1) is 10.1. The van der Waals surface area contributed by atoms with E-state index in [0.717, 1.165) is 12.2 Å². The first kappa shape index (κ1) is 15.2. The third kappa shape index (κ3) is 4.98. The van der Waals surface area contributed by atoms with Crippen LogP contribution in [0.15, 0.2) is 24.3 Å². The second-order valence-corrected chi connectivity index (χ2v) is 5.04. The van der Waals surface area contributed by atoms with Gasteiger partial charge in [-0.25, -0.2) is 4.79 Å². The normalized spacial score (nSPS) is 15.9. The van der Waals surface area contributed by atoms with Gasteiger partial charge < -0.3 is 20.5 Å². The summed E-state index contributed by atoms with van der Waals surface area (Å²) in [5, 5.41) is 14.0. The SMILES string of the molecule is O=C(O)CCCCNC(=O)NCC1Cc2ccccc2O1. The van der Waals surface area contributed by atoms with Crippen LogP contribution in [0.3, 0.4) is 0 Å². The zero-order chi connectivity index (χ0) is 15.1. The van der Waals surface area contributed by atoms with Crippen molar-refractivity contribution in [2.45, 2.75) is 31.8 Å². The summed E-state index contributed by atoms with van der Waals surface area (Å²) in [6.07, 6.45) is 2.13. The lowest BCUT2D eigenvalue weighted by Gasteiger charge is -2.12. The summed E-state index contributed by atoms with van der Waals surface area (Å²) in [5.41, 5.74) is 1.17. The van der Waals surface area contributed by atoms with Crippen LogP contribution in [-0.4, -0.2) is 36.3 Å². The van der Waals surface area contributed by atoms with Crippen LogP contribution >= 0.6 is 0 Å². The van der Waals surface area contributed by atoms with E-state index in [-0.39, 0.29) is 18.6 Å². The molecule has 0 bridgehead atoms. The van der Waals surface area contributed by atoms with Gasteiger partial charge in [-0.1, -0.05) is 18.2 Å². The fourth-order valence-corrected chi connectivity index (χ4v) is 2.24.